The molecule has 1 aromatic heterocycles. The third-order valence-corrected chi connectivity index (χ3v) is 2.96. The van der Waals surface area contributed by atoms with Gasteiger partial charge in [-0.3, -0.25) is 0 Å². The van der Waals surface area contributed by atoms with Gasteiger partial charge in [0.15, 0.2) is 0 Å². The lowest BCUT2D eigenvalue weighted by atomic mass is 10.1. The third-order valence-electron chi connectivity index (χ3n) is 2.96. The van der Waals surface area contributed by atoms with Crippen LogP contribution in [0.2, 0.25) is 0 Å². The third kappa shape index (κ3) is 5.02. The molecule has 0 fully saturated rings. The minimum Gasteiger partial charge on any atom is -0.370 e. The van der Waals surface area contributed by atoms with Crippen molar-refractivity contribution in [2.45, 2.75) is 27.2 Å². The maximum absolute atomic E-state index is 13.2. The highest BCUT2D eigenvalue weighted by Gasteiger charge is 2.03. The number of rotatable bonds is 6. The van der Waals surface area contributed by atoms with Crippen molar-refractivity contribution in [2.75, 3.05) is 17.2 Å². The zero-order valence-corrected chi connectivity index (χ0v) is 12.7. The summed E-state index contributed by atoms with van der Waals surface area (Å²) in [7, 11) is 0. The average molecular weight is 288 g/mol. The highest BCUT2D eigenvalue weighted by Crippen LogP contribution is 2.18. The predicted octanol–water partition coefficient (Wildman–Crippen LogP) is 4.13. The number of aryl methyl sites for hydroxylation is 1. The fourth-order valence-electron chi connectivity index (χ4n) is 1.93. The first-order valence-corrected chi connectivity index (χ1v) is 7.15. The predicted molar refractivity (Wildman–Crippen MR) is 84.4 cm³/mol. The lowest BCUT2D eigenvalue weighted by molar-refractivity contribution is 0.606. The SMILES string of the molecule is Cc1nc(NCCC(C)C)cc(Nc2cccc(F)c2)n1. The van der Waals surface area contributed by atoms with Gasteiger partial charge in [0.2, 0.25) is 0 Å². The monoisotopic (exact) mass is 288 g/mol. The Kier molecular flexibility index (Phi) is 5.09. The number of hydrogen-bond acceptors (Lipinski definition) is 4. The van der Waals surface area contributed by atoms with Crippen LogP contribution >= 0.6 is 0 Å². The number of nitrogens with zero attached hydrogens (tertiary/aromatic N) is 2. The summed E-state index contributed by atoms with van der Waals surface area (Å²) in [6.45, 7) is 7.07. The number of anilines is 3. The van der Waals surface area contributed by atoms with Gasteiger partial charge in [-0.05, 0) is 37.5 Å². The summed E-state index contributed by atoms with van der Waals surface area (Å²) in [5, 5.41) is 6.38. The van der Waals surface area contributed by atoms with Crippen LogP contribution in [0.15, 0.2) is 30.3 Å². The van der Waals surface area contributed by atoms with E-state index in [0.717, 1.165) is 18.8 Å². The van der Waals surface area contributed by atoms with Crippen LogP contribution in [0.4, 0.5) is 21.7 Å². The van der Waals surface area contributed by atoms with Crippen molar-refractivity contribution in [1.29, 1.82) is 0 Å². The van der Waals surface area contributed by atoms with Crippen LogP contribution in [-0.4, -0.2) is 16.5 Å². The zero-order valence-electron chi connectivity index (χ0n) is 12.7. The molecule has 2 aromatic rings. The maximum atomic E-state index is 13.2. The summed E-state index contributed by atoms with van der Waals surface area (Å²) in [6.07, 6.45) is 1.08. The number of benzene rings is 1. The number of halogens is 1. The Bertz CT molecular complexity index is 599. The van der Waals surface area contributed by atoms with E-state index in [4.69, 9.17) is 0 Å². The molecule has 1 aromatic carbocycles. The summed E-state index contributed by atoms with van der Waals surface area (Å²) in [6, 6.07) is 8.14. The van der Waals surface area contributed by atoms with Crippen molar-refractivity contribution in [3.8, 4) is 0 Å². The van der Waals surface area contributed by atoms with E-state index in [1.165, 1.54) is 12.1 Å². The molecule has 0 saturated heterocycles. The van der Waals surface area contributed by atoms with Crippen molar-refractivity contribution < 1.29 is 4.39 Å². The second-order valence-electron chi connectivity index (χ2n) is 5.43. The van der Waals surface area contributed by atoms with Gasteiger partial charge in [-0.2, -0.15) is 0 Å². The Morgan fingerprint density at radius 2 is 1.90 bits per heavy atom. The molecule has 112 valence electrons. The molecule has 4 nitrogen and oxygen atoms in total. The van der Waals surface area contributed by atoms with Crippen molar-refractivity contribution >= 4 is 17.3 Å². The Labute approximate surface area is 124 Å². The zero-order chi connectivity index (χ0) is 15.2. The van der Waals surface area contributed by atoms with Crippen LogP contribution < -0.4 is 10.6 Å². The number of hydrogen-bond donors (Lipinski definition) is 2. The van der Waals surface area contributed by atoms with Crippen LogP contribution in [0.25, 0.3) is 0 Å². The van der Waals surface area contributed by atoms with E-state index in [1.807, 2.05) is 13.0 Å². The van der Waals surface area contributed by atoms with Crippen molar-refractivity contribution in [3.05, 3.63) is 42.0 Å². The highest BCUT2D eigenvalue weighted by atomic mass is 19.1. The number of aromatic nitrogens is 2. The van der Waals surface area contributed by atoms with Gasteiger partial charge in [-0.1, -0.05) is 19.9 Å². The second kappa shape index (κ2) is 7.02. The minimum absolute atomic E-state index is 0.277. The van der Waals surface area contributed by atoms with E-state index in [2.05, 4.69) is 34.4 Å². The molecule has 0 amide bonds. The van der Waals surface area contributed by atoms with Gasteiger partial charge in [0.25, 0.3) is 0 Å². The molecule has 0 atom stereocenters. The summed E-state index contributed by atoms with van der Waals surface area (Å²) in [4.78, 5) is 8.67. The van der Waals surface area contributed by atoms with E-state index < -0.39 is 0 Å². The largest absolute Gasteiger partial charge is 0.370 e. The molecule has 21 heavy (non-hydrogen) atoms. The van der Waals surface area contributed by atoms with Crippen LogP contribution in [0.1, 0.15) is 26.1 Å². The molecule has 0 aliphatic heterocycles. The van der Waals surface area contributed by atoms with Crippen molar-refractivity contribution in [3.63, 3.8) is 0 Å². The van der Waals surface area contributed by atoms with Crippen molar-refractivity contribution in [1.82, 2.24) is 9.97 Å². The van der Waals surface area contributed by atoms with E-state index in [0.29, 0.717) is 23.2 Å². The van der Waals surface area contributed by atoms with Gasteiger partial charge in [0, 0.05) is 18.3 Å². The Morgan fingerprint density at radius 3 is 2.62 bits per heavy atom. The molecule has 5 heteroatoms. The number of nitrogens with one attached hydrogen (secondary N) is 2. The molecule has 2 N–H and O–H groups in total. The molecule has 2 rings (SSSR count). The molecule has 0 aliphatic rings. The standard InChI is InChI=1S/C16H21FN4/c1-11(2)7-8-18-15-10-16(20-12(3)19-15)21-14-6-4-5-13(17)9-14/h4-6,9-11H,7-8H2,1-3H3,(H2,18,19,20,21). The average Bonchev–Trinajstić information content (AvgIpc) is 2.37. The first kappa shape index (κ1) is 15.2. The first-order valence-electron chi connectivity index (χ1n) is 7.15. The fraction of sp³-hybridized carbons (Fsp3) is 0.375. The normalized spacial score (nSPS) is 10.7. The topological polar surface area (TPSA) is 49.8 Å². The van der Waals surface area contributed by atoms with Crippen LogP contribution in [0, 0.1) is 18.7 Å². The molecule has 0 spiro atoms. The lowest BCUT2D eigenvalue weighted by Crippen LogP contribution is -2.08. The highest BCUT2D eigenvalue weighted by molar-refractivity contribution is 5.59. The molecular weight excluding hydrogens is 267 g/mol. The van der Waals surface area contributed by atoms with Gasteiger partial charge >= 0.3 is 0 Å². The molecule has 0 bridgehead atoms. The van der Waals surface area contributed by atoms with Gasteiger partial charge in [-0.25, -0.2) is 14.4 Å². The first-order chi connectivity index (χ1) is 10.0. The van der Waals surface area contributed by atoms with E-state index >= 15 is 0 Å². The second-order valence-corrected chi connectivity index (χ2v) is 5.43. The maximum Gasteiger partial charge on any atom is 0.136 e. The van der Waals surface area contributed by atoms with Crippen molar-refractivity contribution in [2.24, 2.45) is 5.92 Å². The van der Waals surface area contributed by atoms with Gasteiger partial charge in [0.05, 0.1) is 0 Å². The molecule has 0 radical (unpaired) electrons. The summed E-state index contributed by atoms with van der Waals surface area (Å²) < 4.78 is 13.2. The fourth-order valence-corrected chi connectivity index (χ4v) is 1.93. The summed E-state index contributed by atoms with van der Waals surface area (Å²) in [5.41, 5.74) is 0.668. The smallest absolute Gasteiger partial charge is 0.136 e. The van der Waals surface area contributed by atoms with E-state index in [1.54, 1.807) is 12.1 Å². The van der Waals surface area contributed by atoms with Gasteiger partial charge < -0.3 is 10.6 Å². The molecule has 0 saturated carbocycles. The summed E-state index contributed by atoms with van der Waals surface area (Å²) >= 11 is 0. The molecular formula is C16H21FN4. The lowest BCUT2D eigenvalue weighted by Gasteiger charge is -2.11. The van der Waals surface area contributed by atoms with Crippen LogP contribution in [-0.2, 0) is 0 Å². The molecule has 0 aliphatic carbocycles. The van der Waals surface area contributed by atoms with Gasteiger partial charge in [0.1, 0.15) is 23.3 Å². The van der Waals surface area contributed by atoms with Crippen LogP contribution in [0.3, 0.4) is 0 Å². The van der Waals surface area contributed by atoms with Crippen LogP contribution in [0.5, 0.6) is 0 Å². The Hall–Kier alpha value is -2.17. The van der Waals surface area contributed by atoms with E-state index in [9.17, 15) is 4.39 Å². The Morgan fingerprint density at radius 1 is 1.14 bits per heavy atom. The van der Waals surface area contributed by atoms with Gasteiger partial charge in [-0.15, -0.1) is 0 Å². The Balaban J connectivity index is 2.07. The summed E-state index contributed by atoms with van der Waals surface area (Å²) in [5.74, 6) is 2.47. The molecule has 1 heterocycles. The molecule has 0 unspecified atom stereocenters. The minimum atomic E-state index is -0.277. The van der Waals surface area contributed by atoms with E-state index in [-0.39, 0.29) is 5.82 Å². The quantitative estimate of drug-likeness (QED) is 0.839.